The highest BCUT2D eigenvalue weighted by Crippen LogP contribution is 2.31. The minimum Gasteiger partial charge on any atom is -0.494 e. The van der Waals surface area contributed by atoms with Crippen molar-refractivity contribution in [3.05, 3.63) is 106 Å². The second-order valence-corrected chi connectivity index (χ2v) is 11.6. The summed E-state index contributed by atoms with van der Waals surface area (Å²) < 4.78 is 7.28. The maximum atomic E-state index is 11.5. The van der Waals surface area contributed by atoms with E-state index in [-0.39, 0.29) is 5.56 Å². The van der Waals surface area contributed by atoms with E-state index in [4.69, 9.17) is 9.84 Å². The van der Waals surface area contributed by atoms with Crippen molar-refractivity contribution in [2.24, 2.45) is 0 Å². The predicted octanol–water partition coefficient (Wildman–Crippen LogP) is 6.52. The molecule has 1 saturated heterocycles. The summed E-state index contributed by atoms with van der Waals surface area (Å²) >= 11 is 1.82. The first kappa shape index (κ1) is 30.1. The van der Waals surface area contributed by atoms with Crippen LogP contribution < -0.4 is 15.2 Å². The van der Waals surface area contributed by atoms with Gasteiger partial charge in [0.1, 0.15) is 5.75 Å². The number of thiophene rings is 1. The molecular formula is C34H38N4O4S. The van der Waals surface area contributed by atoms with E-state index in [1.54, 1.807) is 13.1 Å². The summed E-state index contributed by atoms with van der Waals surface area (Å²) in [5.74, 6) is 0.811. The number of carbonyl (C=O) groups is 1. The number of carboxylic acid groups (broad SMARTS) is 1. The average Bonchev–Trinajstić information content (AvgIpc) is 3.51. The van der Waals surface area contributed by atoms with Gasteiger partial charge in [-0.1, -0.05) is 36.4 Å². The molecule has 3 heterocycles. The van der Waals surface area contributed by atoms with Crippen molar-refractivity contribution in [1.29, 1.82) is 0 Å². The first-order chi connectivity index (χ1) is 21.0. The van der Waals surface area contributed by atoms with Crippen molar-refractivity contribution >= 4 is 44.1 Å². The Morgan fingerprint density at radius 1 is 0.953 bits per heavy atom. The van der Waals surface area contributed by atoms with Gasteiger partial charge in [0.25, 0.3) is 0 Å². The van der Waals surface area contributed by atoms with E-state index >= 15 is 0 Å². The Balaban J connectivity index is 0.000000259. The van der Waals surface area contributed by atoms with Crippen LogP contribution in [0.3, 0.4) is 0 Å². The number of nitrogens with zero attached hydrogens (tertiary/aromatic N) is 3. The fraction of sp³-hybridized carbons (Fsp3) is 0.294. The number of H-pyrrole nitrogens is 1. The lowest BCUT2D eigenvalue weighted by atomic mass is 10.2. The van der Waals surface area contributed by atoms with Gasteiger partial charge in [-0.25, -0.2) is 4.79 Å². The van der Waals surface area contributed by atoms with Crippen LogP contribution in [0.4, 0.5) is 10.5 Å². The number of piperazine rings is 1. The van der Waals surface area contributed by atoms with Crippen molar-refractivity contribution in [3.63, 3.8) is 0 Å². The maximum Gasteiger partial charge on any atom is 0.407 e. The first-order valence-electron chi connectivity index (χ1n) is 14.6. The number of aromatic nitrogens is 1. The molecule has 0 bridgehead atoms. The summed E-state index contributed by atoms with van der Waals surface area (Å²) in [5.41, 5.74) is 3.11. The molecule has 0 saturated carbocycles. The summed E-state index contributed by atoms with van der Waals surface area (Å²) in [7, 11) is 1.55. The second kappa shape index (κ2) is 14.7. The molecule has 2 N–H and O–H groups in total. The van der Waals surface area contributed by atoms with Gasteiger partial charge in [0.05, 0.1) is 12.1 Å². The topological polar surface area (TPSA) is 89.1 Å². The lowest BCUT2D eigenvalue weighted by Gasteiger charge is -2.36. The van der Waals surface area contributed by atoms with Gasteiger partial charge in [0, 0.05) is 67.7 Å². The van der Waals surface area contributed by atoms with Gasteiger partial charge in [0.2, 0.25) is 5.56 Å². The van der Waals surface area contributed by atoms with Crippen LogP contribution in [0.25, 0.3) is 21.0 Å². The van der Waals surface area contributed by atoms with Crippen LogP contribution in [-0.4, -0.2) is 72.4 Å². The van der Waals surface area contributed by atoms with Gasteiger partial charge in [0.15, 0.2) is 0 Å². The van der Waals surface area contributed by atoms with E-state index in [9.17, 15) is 9.59 Å². The summed E-state index contributed by atoms with van der Waals surface area (Å²) in [6, 6.07) is 27.6. The summed E-state index contributed by atoms with van der Waals surface area (Å²) in [6.45, 7) is 6.64. The van der Waals surface area contributed by atoms with E-state index in [1.807, 2.05) is 65.9 Å². The molecule has 9 heteroatoms. The van der Waals surface area contributed by atoms with Gasteiger partial charge < -0.3 is 24.6 Å². The molecular weight excluding hydrogens is 560 g/mol. The van der Waals surface area contributed by atoms with E-state index in [1.165, 1.54) is 20.7 Å². The number of hydrogen-bond donors (Lipinski definition) is 2. The molecule has 0 spiro atoms. The molecule has 0 aliphatic carbocycles. The third kappa shape index (κ3) is 8.37. The Morgan fingerprint density at radius 3 is 2.53 bits per heavy atom. The molecule has 2 aromatic heterocycles. The highest BCUT2D eigenvalue weighted by atomic mass is 32.1. The summed E-state index contributed by atoms with van der Waals surface area (Å²) in [4.78, 5) is 31.1. The molecule has 0 atom stereocenters. The monoisotopic (exact) mass is 598 g/mol. The summed E-state index contributed by atoms with van der Waals surface area (Å²) in [5, 5.41) is 13.2. The standard InChI is InChI=1S/C25H27N3O2S.C9H11NO2/c29-25-9-7-19-6-8-20(18-22(19)26-25)30-16-2-1-11-27-12-14-28(15-13-27)23-4-3-5-24-21(23)10-17-31-24;1-10(9(11)12)7-8-5-3-2-4-6-8/h3-10,17-18H,1-2,11-16H2,(H,26,29);2-6H,7H2,1H3,(H,11,12). The number of unbranched alkanes of at least 4 members (excludes halogenated alkanes) is 1. The molecule has 3 aromatic carbocycles. The van der Waals surface area contributed by atoms with Crippen molar-refractivity contribution < 1.29 is 14.6 Å². The number of hydrogen-bond acceptors (Lipinski definition) is 6. The highest BCUT2D eigenvalue weighted by molar-refractivity contribution is 7.17. The van der Waals surface area contributed by atoms with Crippen molar-refractivity contribution in [3.8, 4) is 5.75 Å². The van der Waals surface area contributed by atoms with Crippen molar-refractivity contribution in [2.75, 3.05) is 51.3 Å². The minimum absolute atomic E-state index is 0.0863. The number of nitrogens with one attached hydrogen (secondary N) is 1. The second-order valence-electron chi connectivity index (χ2n) is 10.7. The van der Waals surface area contributed by atoms with Crippen molar-refractivity contribution in [1.82, 2.24) is 14.8 Å². The molecule has 8 nitrogen and oxygen atoms in total. The Bertz CT molecular complexity index is 1680. The lowest BCUT2D eigenvalue weighted by molar-refractivity contribution is 0.153. The Morgan fingerprint density at radius 2 is 1.74 bits per heavy atom. The van der Waals surface area contributed by atoms with Crippen LogP contribution in [0.5, 0.6) is 5.75 Å². The minimum atomic E-state index is -0.904. The van der Waals surface area contributed by atoms with Gasteiger partial charge >= 0.3 is 6.09 Å². The van der Waals surface area contributed by atoms with Crippen LogP contribution in [-0.2, 0) is 6.54 Å². The van der Waals surface area contributed by atoms with E-state index in [0.29, 0.717) is 13.2 Å². The zero-order valence-corrected chi connectivity index (χ0v) is 25.3. The third-order valence-electron chi connectivity index (χ3n) is 7.61. The fourth-order valence-electron chi connectivity index (χ4n) is 5.24. The van der Waals surface area contributed by atoms with E-state index < -0.39 is 6.09 Å². The van der Waals surface area contributed by atoms with E-state index in [2.05, 4.69) is 44.4 Å². The number of rotatable bonds is 9. The van der Waals surface area contributed by atoms with Crippen LogP contribution in [0, 0.1) is 0 Å². The Kier molecular flexibility index (Phi) is 10.3. The number of benzene rings is 3. The predicted molar refractivity (Wildman–Crippen MR) is 176 cm³/mol. The number of fused-ring (bicyclic) bond motifs is 2. The van der Waals surface area contributed by atoms with Crippen molar-refractivity contribution in [2.45, 2.75) is 19.4 Å². The highest BCUT2D eigenvalue weighted by Gasteiger charge is 2.18. The Labute approximate surface area is 255 Å². The lowest BCUT2D eigenvalue weighted by Crippen LogP contribution is -2.46. The number of pyridine rings is 1. The van der Waals surface area contributed by atoms with Crippen LogP contribution in [0.15, 0.2) is 95.1 Å². The average molecular weight is 599 g/mol. The van der Waals surface area contributed by atoms with Gasteiger partial charge in [-0.05, 0) is 72.1 Å². The molecule has 5 aromatic rings. The quantitative estimate of drug-likeness (QED) is 0.188. The van der Waals surface area contributed by atoms with E-state index in [0.717, 1.165) is 67.8 Å². The molecule has 1 fully saturated rings. The molecule has 0 radical (unpaired) electrons. The molecule has 224 valence electrons. The number of anilines is 1. The molecule has 0 unspecified atom stereocenters. The smallest absolute Gasteiger partial charge is 0.407 e. The Hall–Kier alpha value is -4.34. The number of aromatic amines is 1. The van der Waals surface area contributed by atoms with Crippen LogP contribution >= 0.6 is 11.3 Å². The number of ether oxygens (including phenoxy) is 1. The third-order valence-corrected chi connectivity index (χ3v) is 8.49. The van der Waals surface area contributed by atoms with Gasteiger partial charge in [-0.3, -0.25) is 9.69 Å². The molecule has 6 rings (SSSR count). The molecule has 1 aliphatic rings. The van der Waals surface area contributed by atoms with Gasteiger partial charge in [-0.2, -0.15) is 0 Å². The van der Waals surface area contributed by atoms with Crippen LogP contribution in [0.2, 0.25) is 0 Å². The maximum absolute atomic E-state index is 11.5. The largest absolute Gasteiger partial charge is 0.494 e. The van der Waals surface area contributed by atoms with Crippen LogP contribution in [0.1, 0.15) is 18.4 Å². The zero-order valence-electron chi connectivity index (χ0n) is 24.4. The molecule has 1 aliphatic heterocycles. The number of amides is 1. The van der Waals surface area contributed by atoms with Gasteiger partial charge in [-0.15, -0.1) is 11.3 Å². The SMILES string of the molecule is CN(Cc1ccccc1)C(=O)O.O=c1ccc2ccc(OCCCCN3CCN(c4cccc5sccc45)CC3)cc2[nH]1. The normalized spacial score (nSPS) is 13.5. The fourth-order valence-corrected chi connectivity index (χ4v) is 6.04. The molecule has 1 amide bonds. The molecule has 43 heavy (non-hydrogen) atoms. The summed E-state index contributed by atoms with van der Waals surface area (Å²) in [6.07, 6.45) is 1.25. The zero-order chi connectivity index (χ0) is 30.0. The first-order valence-corrected chi connectivity index (χ1v) is 15.5.